The number of benzene rings is 1. The van der Waals surface area contributed by atoms with Crippen LogP contribution < -0.4 is 10.6 Å². The van der Waals surface area contributed by atoms with Crippen LogP contribution in [-0.4, -0.2) is 19.0 Å². The van der Waals surface area contributed by atoms with E-state index in [1.165, 1.54) is 18.4 Å². The zero-order valence-corrected chi connectivity index (χ0v) is 14.4. The summed E-state index contributed by atoms with van der Waals surface area (Å²) >= 11 is 3.48. The fourth-order valence-corrected chi connectivity index (χ4v) is 3.71. The highest BCUT2D eigenvalue weighted by Gasteiger charge is 2.38. The van der Waals surface area contributed by atoms with Crippen LogP contribution in [0.2, 0.25) is 0 Å². The molecule has 3 nitrogen and oxygen atoms in total. The topological polar surface area (TPSA) is 41.1 Å². The average molecular weight is 374 g/mol. The second-order valence-corrected chi connectivity index (χ2v) is 6.89. The molecular formula is C16H22BrClN2O. The van der Waals surface area contributed by atoms with E-state index in [-0.39, 0.29) is 29.8 Å². The number of carbonyl (C=O) groups excluding carboxylic acids is 1. The first-order valence-corrected chi connectivity index (χ1v) is 8.28. The fourth-order valence-electron chi connectivity index (χ4n) is 3.45. The average Bonchev–Trinajstić information content (AvgIpc) is 3.10. The molecule has 0 bridgehead atoms. The highest BCUT2D eigenvalue weighted by molar-refractivity contribution is 9.10. The van der Waals surface area contributed by atoms with Crippen molar-refractivity contribution in [2.24, 2.45) is 5.92 Å². The van der Waals surface area contributed by atoms with Gasteiger partial charge >= 0.3 is 0 Å². The molecule has 3 rings (SSSR count). The van der Waals surface area contributed by atoms with E-state index in [4.69, 9.17) is 0 Å². The van der Waals surface area contributed by atoms with Gasteiger partial charge in [-0.3, -0.25) is 4.79 Å². The van der Waals surface area contributed by atoms with E-state index < -0.39 is 0 Å². The second kappa shape index (κ2) is 7.12. The number of hydrogen-bond acceptors (Lipinski definition) is 2. The maximum atomic E-state index is 12.5. The van der Waals surface area contributed by atoms with E-state index in [1.54, 1.807) is 0 Å². The van der Waals surface area contributed by atoms with E-state index in [0.29, 0.717) is 0 Å². The predicted molar refractivity (Wildman–Crippen MR) is 90.7 cm³/mol. The van der Waals surface area contributed by atoms with Crippen molar-refractivity contribution in [3.8, 4) is 0 Å². The van der Waals surface area contributed by atoms with Gasteiger partial charge in [-0.2, -0.15) is 0 Å². The van der Waals surface area contributed by atoms with E-state index in [0.717, 1.165) is 36.8 Å². The largest absolute Gasteiger partial charge is 0.346 e. The Morgan fingerprint density at radius 2 is 1.90 bits per heavy atom. The Balaban J connectivity index is 0.00000161. The Kier molecular flexibility index (Phi) is 5.69. The molecule has 0 aromatic heterocycles. The van der Waals surface area contributed by atoms with Crippen molar-refractivity contribution >= 4 is 34.2 Å². The maximum absolute atomic E-state index is 12.5. The molecule has 1 saturated heterocycles. The molecule has 0 radical (unpaired) electrons. The fraction of sp³-hybridized carbons (Fsp3) is 0.562. The Morgan fingerprint density at radius 3 is 2.48 bits per heavy atom. The molecule has 21 heavy (non-hydrogen) atoms. The van der Waals surface area contributed by atoms with Crippen LogP contribution in [0.4, 0.5) is 0 Å². The van der Waals surface area contributed by atoms with Crippen molar-refractivity contribution in [2.45, 2.75) is 37.6 Å². The van der Waals surface area contributed by atoms with Gasteiger partial charge in [0, 0.05) is 11.0 Å². The summed E-state index contributed by atoms with van der Waals surface area (Å²) in [6.07, 6.45) is 5.46. The van der Waals surface area contributed by atoms with Gasteiger partial charge in [0.1, 0.15) is 0 Å². The van der Waals surface area contributed by atoms with Crippen molar-refractivity contribution in [3.63, 3.8) is 0 Å². The first-order valence-electron chi connectivity index (χ1n) is 7.48. The van der Waals surface area contributed by atoms with Gasteiger partial charge in [-0.1, -0.05) is 40.9 Å². The molecule has 1 amide bonds. The van der Waals surface area contributed by atoms with E-state index >= 15 is 0 Å². The lowest BCUT2D eigenvalue weighted by molar-refractivity contribution is -0.126. The zero-order valence-electron chi connectivity index (χ0n) is 12.0. The molecule has 2 fully saturated rings. The van der Waals surface area contributed by atoms with E-state index in [1.807, 2.05) is 0 Å². The first-order chi connectivity index (χ1) is 9.70. The molecule has 116 valence electrons. The summed E-state index contributed by atoms with van der Waals surface area (Å²) in [5.41, 5.74) is 1.11. The summed E-state index contributed by atoms with van der Waals surface area (Å²) in [4.78, 5) is 12.5. The summed E-state index contributed by atoms with van der Waals surface area (Å²) in [6.45, 7) is 1.78. The SMILES string of the molecule is Cl.O=C(NC1(c2ccc(Br)cc2)CCCC1)C1CCNC1. The van der Waals surface area contributed by atoms with E-state index in [2.05, 4.69) is 50.8 Å². The minimum Gasteiger partial charge on any atom is -0.346 e. The van der Waals surface area contributed by atoms with Crippen LogP contribution in [-0.2, 0) is 10.3 Å². The third-order valence-corrected chi connectivity index (χ3v) is 5.18. The van der Waals surface area contributed by atoms with Crippen molar-refractivity contribution < 1.29 is 4.79 Å². The minimum atomic E-state index is -0.139. The smallest absolute Gasteiger partial charge is 0.225 e. The van der Waals surface area contributed by atoms with Crippen LogP contribution in [0.15, 0.2) is 28.7 Å². The molecule has 2 aliphatic rings. The molecule has 1 aliphatic carbocycles. The van der Waals surface area contributed by atoms with Gasteiger partial charge in [0.05, 0.1) is 11.5 Å². The lowest BCUT2D eigenvalue weighted by atomic mass is 9.87. The molecule has 1 heterocycles. The second-order valence-electron chi connectivity index (χ2n) is 5.98. The number of rotatable bonds is 3. The van der Waals surface area contributed by atoms with Gasteiger partial charge in [0.25, 0.3) is 0 Å². The van der Waals surface area contributed by atoms with Crippen LogP contribution in [0, 0.1) is 5.92 Å². The first kappa shape index (κ1) is 16.8. The van der Waals surface area contributed by atoms with Crippen LogP contribution in [0.5, 0.6) is 0 Å². The third-order valence-electron chi connectivity index (χ3n) is 4.65. The Labute approximate surface area is 140 Å². The van der Waals surface area contributed by atoms with Gasteiger partial charge in [-0.15, -0.1) is 12.4 Å². The normalized spacial score (nSPS) is 23.6. The Morgan fingerprint density at radius 1 is 1.24 bits per heavy atom. The van der Waals surface area contributed by atoms with Crippen molar-refractivity contribution in [3.05, 3.63) is 34.3 Å². The molecule has 5 heteroatoms. The predicted octanol–water partition coefficient (Wildman–Crippen LogP) is 3.37. The van der Waals surface area contributed by atoms with Gasteiger partial charge in [0.2, 0.25) is 5.91 Å². The molecule has 1 unspecified atom stereocenters. The number of amides is 1. The third kappa shape index (κ3) is 3.61. The highest BCUT2D eigenvalue weighted by Crippen LogP contribution is 2.39. The zero-order chi connectivity index (χ0) is 14.0. The van der Waals surface area contributed by atoms with Crippen LogP contribution >= 0.6 is 28.3 Å². The van der Waals surface area contributed by atoms with Crippen molar-refractivity contribution in [1.29, 1.82) is 0 Å². The van der Waals surface area contributed by atoms with Gasteiger partial charge in [-0.25, -0.2) is 0 Å². The summed E-state index contributed by atoms with van der Waals surface area (Å²) in [5.74, 6) is 0.364. The van der Waals surface area contributed by atoms with Gasteiger partial charge in [0.15, 0.2) is 0 Å². The molecule has 0 spiro atoms. The number of carbonyl (C=O) groups is 1. The summed E-state index contributed by atoms with van der Waals surface area (Å²) in [6, 6.07) is 8.42. The summed E-state index contributed by atoms with van der Waals surface area (Å²) < 4.78 is 1.08. The number of halogens is 2. The lowest BCUT2D eigenvalue weighted by Crippen LogP contribution is -2.46. The van der Waals surface area contributed by atoms with Crippen molar-refractivity contribution in [2.75, 3.05) is 13.1 Å². The number of nitrogens with one attached hydrogen (secondary N) is 2. The quantitative estimate of drug-likeness (QED) is 0.853. The molecule has 1 atom stereocenters. The number of hydrogen-bond donors (Lipinski definition) is 2. The monoisotopic (exact) mass is 372 g/mol. The summed E-state index contributed by atoms with van der Waals surface area (Å²) in [7, 11) is 0. The molecule has 1 aromatic rings. The van der Waals surface area contributed by atoms with Crippen LogP contribution in [0.25, 0.3) is 0 Å². The standard InChI is InChI=1S/C16H21BrN2O.ClH/c17-14-5-3-13(4-6-14)16(8-1-2-9-16)19-15(20)12-7-10-18-11-12;/h3-6,12,18H,1-2,7-11H2,(H,19,20);1H. The molecular weight excluding hydrogens is 352 g/mol. The van der Waals surface area contributed by atoms with Crippen molar-refractivity contribution in [1.82, 2.24) is 10.6 Å². The maximum Gasteiger partial charge on any atom is 0.225 e. The Bertz CT molecular complexity index is 480. The molecule has 1 aliphatic heterocycles. The lowest BCUT2D eigenvalue weighted by Gasteiger charge is -2.32. The highest BCUT2D eigenvalue weighted by atomic mass is 79.9. The van der Waals surface area contributed by atoms with Crippen LogP contribution in [0.1, 0.15) is 37.7 Å². The molecule has 2 N–H and O–H groups in total. The van der Waals surface area contributed by atoms with E-state index in [9.17, 15) is 4.79 Å². The van der Waals surface area contributed by atoms with Gasteiger partial charge in [-0.05, 0) is 43.5 Å². The minimum absolute atomic E-state index is 0. The molecule has 1 aromatic carbocycles. The summed E-state index contributed by atoms with van der Waals surface area (Å²) in [5, 5.41) is 6.65. The van der Waals surface area contributed by atoms with Gasteiger partial charge < -0.3 is 10.6 Å². The Hall–Kier alpha value is -0.580. The van der Waals surface area contributed by atoms with Crippen LogP contribution in [0.3, 0.4) is 0 Å². The molecule has 1 saturated carbocycles.